The summed E-state index contributed by atoms with van der Waals surface area (Å²) in [4.78, 5) is 12.2. The summed E-state index contributed by atoms with van der Waals surface area (Å²) >= 11 is 0. The van der Waals surface area contributed by atoms with E-state index in [4.69, 9.17) is 15.2 Å². The highest BCUT2D eigenvalue weighted by Crippen LogP contribution is 2.48. The molecule has 0 bridgehead atoms. The fourth-order valence-corrected chi connectivity index (χ4v) is 2.83. The van der Waals surface area contributed by atoms with Crippen molar-refractivity contribution in [2.75, 3.05) is 25.1 Å². The van der Waals surface area contributed by atoms with Crippen molar-refractivity contribution in [2.45, 2.75) is 32.0 Å². The molecule has 4 N–H and O–H groups in total. The molecule has 6 nitrogen and oxygen atoms in total. The molecule has 3 aliphatic rings. The van der Waals surface area contributed by atoms with E-state index >= 15 is 0 Å². The van der Waals surface area contributed by atoms with E-state index in [0.717, 1.165) is 18.8 Å². The van der Waals surface area contributed by atoms with Crippen molar-refractivity contribution in [3.63, 3.8) is 0 Å². The number of hydrogen-bond donors (Lipinski definition) is 3. The smallest absolute Gasteiger partial charge is 0.273 e. The van der Waals surface area contributed by atoms with Crippen molar-refractivity contribution >= 4 is 11.6 Å². The minimum atomic E-state index is -0.364. The van der Waals surface area contributed by atoms with Gasteiger partial charge in [-0.15, -0.1) is 0 Å². The zero-order valence-corrected chi connectivity index (χ0v) is 15.3. The Hall–Kier alpha value is -2.49. The standard InChI is InChI=1S/C21H25N3O3/c22-18(11-23-12-19-26-13-21(8-9-21)14-27-19)20(25)24-17-3-1-2-16(10-17)7-6-15-4-5-15/h1-3,10-11,15,19,23H,4-5,8-9,12-14,22H2,(H,24,25)/b18-11-. The van der Waals surface area contributed by atoms with E-state index in [1.165, 1.54) is 31.9 Å². The third-order valence-corrected chi connectivity index (χ3v) is 5.03. The van der Waals surface area contributed by atoms with E-state index in [1.807, 2.05) is 24.3 Å². The molecule has 142 valence electrons. The number of nitrogens with two attached hydrogens (primary N) is 1. The van der Waals surface area contributed by atoms with Gasteiger partial charge in [0, 0.05) is 28.8 Å². The van der Waals surface area contributed by atoms with Crippen LogP contribution in [0.5, 0.6) is 0 Å². The van der Waals surface area contributed by atoms with Gasteiger partial charge in [-0.25, -0.2) is 0 Å². The van der Waals surface area contributed by atoms with Crippen molar-refractivity contribution in [3.8, 4) is 11.8 Å². The van der Waals surface area contributed by atoms with Gasteiger partial charge in [-0.3, -0.25) is 4.79 Å². The van der Waals surface area contributed by atoms with Crippen LogP contribution in [-0.4, -0.2) is 32.0 Å². The Balaban J connectivity index is 1.24. The van der Waals surface area contributed by atoms with E-state index in [0.29, 0.717) is 18.2 Å². The fourth-order valence-electron chi connectivity index (χ4n) is 2.83. The Morgan fingerprint density at radius 2 is 2.07 bits per heavy atom. The first kappa shape index (κ1) is 17.9. The molecule has 2 aliphatic carbocycles. The first-order valence-electron chi connectivity index (χ1n) is 9.47. The van der Waals surface area contributed by atoms with Crippen molar-refractivity contribution in [3.05, 3.63) is 41.7 Å². The average molecular weight is 367 g/mol. The zero-order valence-electron chi connectivity index (χ0n) is 15.3. The predicted octanol–water partition coefficient (Wildman–Crippen LogP) is 1.93. The minimum Gasteiger partial charge on any atom is -0.393 e. The van der Waals surface area contributed by atoms with Crippen LogP contribution in [0.25, 0.3) is 0 Å². The highest BCUT2D eigenvalue weighted by atomic mass is 16.7. The third kappa shape index (κ3) is 5.03. The number of rotatable bonds is 5. The number of carbonyl (C=O) groups is 1. The molecule has 3 fully saturated rings. The first-order valence-corrected chi connectivity index (χ1v) is 9.47. The summed E-state index contributed by atoms with van der Waals surface area (Å²) in [6.45, 7) is 1.95. The van der Waals surface area contributed by atoms with Crippen molar-refractivity contribution in [2.24, 2.45) is 17.1 Å². The lowest BCUT2D eigenvalue weighted by molar-refractivity contribution is -0.203. The number of anilines is 1. The van der Waals surface area contributed by atoms with E-state index in [9.17, 15) is 4.79 Å². The molecule has 27 heavy (non-hydrogen) atoms. The lowest BCUT2D eigenvalue weighted by atomic mass is 10.1. The van der Waals surface area contributed by atoms with E-state index in [1.54, 1.807) is 0 Å². The van der Waals surface area contributed by atoms with Gasteiger partial charge >= 0.3 is 0 Å². The third-order valence-electron chi connectivity index (χ3n) is 5.03. The SMILES string of the molecule is N/C(=C\NCC1OCC2(CC2)CO1)C(=O)Nc1cccc(C#CC2CC2)c1. The quantitative estimate of drug-likeness (QED) is 0.547. The number of benzene rings is 1. The molecule has 1 aromatic rings. The average Bonchev–Trinajstić information content (AvgIpc) is 3.59. The molecule has 4 rings (SSSR count). The van der Waals surface area contributed by atoms with E-state index in [2.05, 4.69) is 22.5 Å². The Labute approximate surface area is 159 Å². The number of amides is 1. The molecule has 1 aromatic carbocycles. The molecule has 0 unspecified atom stereocenters. The van der Waals surface area contributed by atoms with E-state index in [-0.39, 0.29) is 23.3 Å². The molecule has 6 heteroatoms. The van der Waals surface area contributed by atoms with Crippen LogP contribution < -0.4 is 16.4 Å². The lowest BCUT2D eigenvalue weighted by Gasteiger charge is -2.29. The second-order valence-corrected chi connectivity index (χ2v) is 7.64. The van der Waals surface area contributed by atoms with Crippen LogP contribution >= 0.6 is 0 Å². The molecule has 1 spiro atoms. The highest BCUT2D eigenvalue weighted by molar-refractivity contribution is 6.02. The number of ether oxygens (including phenoxy) is 2. The molecule has 0 radical (unpaired) electrons. The van der Waals surface area contributed by atoms with Gasteiger partial charge in [0.05, 0.1) is 19.8 Å². The predicted molar refractivity (Wildman–Crippen MR) is 102 cm³/mol. The fraction of sp³-hybridized carbons (Fsp3) is 0.476. The highest BCUT2D eigenvalue weighted by Gasteiger charge is 2.46. The summed E-state index contributed by atoms with van der Waals surface area (Å²) in [6.07, 6.45) is 5.94. The van der Waals surface area contributed by atoms with Crippen LogP contribution in [0.15, 0.2) is 36.2 Å². The summed E-state index contributed by atoms with van der Waals surface area (Å²) < 4.78 is 11.4. The Morgan fingerprint density at radius 1 is 1.30 bits per heavy atom. The number of hydrogen-bond acceptors (Lipinski definition) is 5. The van der Waals surface area contributed by atoms with Crippen LogP contribution in [0.3, 0.4) is 0 Å². The molecule has 1 amide bonds. The maximum Gasteiger partial charge on any atom is 0.273 e. The normalized spacial score (nSPS) is 21.3. The molecule has 1 heterocycles. The van der Waals surface area contributed by atoms with Crippen LogP contribution in [0.4, 0.5) is 5.69 Å². The second-order valence-electron chi connectivity index (χ2n) is 7.64. The monoisotopic (exact) mass is 367 g/mol. The lowest BCUT2D eigenvalue weighted by Crippen LogP contribution is -2.39. The minimum absolute atomic E-state index is 0.0962. The molecule has 1 aliphatic heterocycles. The maximum absolute atomic E-state index is 12.2. The van der Waals surface area contributed by atoms with Crippen LogP contribution in [-0.2, 0) is 14.3 Å². The van der Waals surface area contributed by atoms with E-state index < -0.39 is 0 Å². The van der Waals surface area contributed by atoms with Gasteiger partial charge in [-0.2, -0.15) is 0 Å². The van der Waals surface area contributed by atoms with Gasteiger partial charge in [-0.05, 0) is 43.9 Å². The van der Waals surface area contributed by atoms with Crippen LogP contribution in [0.1, 0.15) is 31.2 Å². The van der Waals surface area contributed by atoms with Crippen LogP contribution in [0, 0.1) is 23.2 Å². The molecule has 0 atom stereocenters. The molecular formula is C21H25N3O3. The number of nitrogens with one attached hydrogen (secondary N) is 2. The van der Waals surface area contributed by atoms with Gasteiger partial charge in [0.2, 0.25) is 0 Å². The summed E-state index contributed by atoms with van der Waals surface area (Å²) in [5, 5.41) is 5.79. The van der Waals surface area contributed by atoms with Crippen molar-refractivity contribution in [1.82, 2.24) is 5.32 Å². The molecule has 1 saturated heterocycles. The van der Waals surface area contributed by atoms with Gasteiger partial charge in [0.25, 0.3) is 5.91 Å². The van der Waals surface area contributed by atoms with Crippen LogP contribution in [0.2, 0.25) is 0 Å². The first-order chi connectivity index (χ1) is 13.1. The summed E-state index contributed by atoms with van der Waals surface area (Å²) in [5.41, 5.74) is 7.80. The number of carbonyl (C=O) groups excluding carboxylic acids is 1. The topological polar surface area (TPSA) is 85.6 Å². The Bertz CT molecular complexity index is 790. The zero-order chi connectivity index (χ0) is 18.7. The van der Waals surface area contributed by atoms with Gasteiger partial charge in [0.15, 0.2) is 6.29 Å². The molecule has 0 aromatic heterocycles. The van der Waals surface area contributed by atoms with Crippen molar-refractivity contribution < 1.29 is 14.3 Å². The second kappa shape index (κ2) is 7.63. The summed E-state index contributed by atoms with van der Waals surface area (Å²) in [6, 6.07) is 7.47. The Kier molecular flexibility index (Phi) is 5.06. The molecule has 2 saturated carbocycles. The maximum atomic E-state index is 12.2. The van der Waals surface area contributed by atoms with Crippen molar-refractivity contribution in [1.29, 1.82) is 0 Å². The van der Waals surface area contributed by atoms with Gasteiger partial charge in [-0.1, -0.05) is 17.9 Å². The summed E-state index contributed by atoms with van der Waals surface area (Å²) in [5.74, 6) is 6.53. The van der Waals surface area contributed by atoms with Gasteiger partial charge in [0.1, 0.15) is 5.70 Å². The Morgan fingerprint density at radius 3 is 2.78 bits per heavy atom. The molecular weight excluding hydrogens is 342 g/mol. The van der Waals surface area contributed by atoms with Gasteiger partial charge < -0.3 is 25.8 Å². The largest absolute Gasteiger partial charge is 0.393 e. The summed E-state index contributed by atoms with van der Waals surface area (Å²) in [7, 11) is 0.